The Morgan fingerprint density at radius 1 is 1.08 bits per heavy atom. The van der Waals surface area contributed by atoms with Crippen LogP contribution in [0.15, 0.2) is 0 Å². The first-order chi connectivity index (χ1) is 11.5. The molecule has 0 spiro atoms. The Bertz CT molecular complexity index is 503. The van der Waals surface area contributed by atoms with E-state index >= 15 is 0 Å². The van der Waals surface area contributed by atoms with Gasteiger partial charge in [-0.15, -0.1) is 0 Å². The van der Waals surface area contributed by atoms with Gasteiger partial charge in [-0.2, -0.15) is 0 Å². The number of Topliss-reactive ketones (excluding diaryl/α,β-unsaturated/α-hetero) is 1. The van der Waals surface area contributed by atoms with Gasteiger partial charge in [-0.1, -0.05) is 13.8 Å². The largest absolute Gasteiger partial charge is 0.359 e. The van der Waals surface area contributed by atoms with Crippen molar-refractivity contribution in [3.05, 3.63) is 0 Å². The Morgan fingerprint density at radius 3 is 2.71 bits per heavy atom. The molecular formula is C21H34O3. The van der Waals surface area contributed by atoms with E-state index in [1.807, 2.05) is 0 Å². The maximum absolute atomic E-state index is 12.5. The first-order valence-corrected chi connectivity index (χ1v) is 10.1. The van der Waals surface area contributed by atoms with Crippen LogP contribution in [0.4, 0.5) is 0 Å². The Balaban J connectivity index is 1.50. The Kier molecular flexibility index (Phi) is 4.32. The maximum Gasteiger partial charge on any atom is 0.146 e. The molecule has 4 rings (SSSR count). The minimum absolute atomic E-state index is 0.0170. The van der Waals surface area contributed by atoms with E-state index < -0.39 is 0 Å². The van der Waals surface area contributed by atoms with E-state index in [0.717, 1.165) is 30.6 Å². The van der Waals surface area contributed by atoms with Crippen molar-refractivity contribution in [2.75, 3.05) is 13.9 Å². The van der Waals surface area contributed by atoms with Crippen molar-refractivity contribution in [3.63, 3.8) is 0 Å². The van der Waals surface area contributed by atoms with Crippen LogP contribution in [0.5, 0.6) is 0 Å². The second-order valence-electron chi connectivity index (χ2n) is 9.63. The fraction of sp³-hybridized carbons (Fsp3) is 0.952. The molecule has 0 saturated heterocycles. The van der Waals surface area contributed by atoms with Crippen LogP contribution in [0.1, 0.15) is 71.6 Å². The number of ether oxygens (including phenoxy) is 2. The molecule has 0 aromatic rings. The number of rotatable bonds is 3. The molecule has 0 N–H and O–H groups in total. The minimum atomic E-state index is 0.0170. The van der Waals surface area contributed by atoms with Crippen LogP contribution >= 0.6 is 0 Å². The van der Waals surface area contributed by atoms with E-state index in [9.17, 15) is 4.79 Å². The number of fused-ring (bicyclic) bond motifs is 4. The summed E-state index contributed by atoms with van der Waals surface area (Å²) < 4.78 is 11.0. The highest BCUT2D eigenvalue weighted by Crippen LogP contribution is 2.64. The molecular weight excluding hydrogens is 300 g/mol. The van der Waals surface area contributed by atoms with Gasteiger partial charge < -0.3 is 9.47 Å². The summed E-state index contributed by atoms with van der Waals surface area (Å²) in [6.07, 6.45) is 11.2. The molecule has 0 aliphatic heterocycles. The van der Waals surface area contributed by atoms with Crippen LogP contribution < -0.4 is 0 Å². The van der Waals surface area contributed by atoms with E-state index in [4.69, 9.17) is 9.47 Å². The number of hydrogen-bond acceptors (Lipinski definition) is 3. The van der Waals surface area contributed by atoms with Crippen molar-refractivity contribution in [2.24, 2.45) is 34.5 Å². The minimum Gasteiger partial charge on any atom is -0.359 e. The van der Waals surface area contributed by atoms with Crippen LogP contribution in [0.25, 0.3) is 0 Å². The van der Waals surface area contributed by atoms with Crippen LogP contribution in [-0.4, -0.2) is 25.8 Å². The maximum atomic E-state index is 12.5. The first-order valence-electron chi connectivity index (χ1n) is 10.1. The lowest BCUT2D eigenvalue weighted by molar-refractivity contribution is -0.151. The quantitative estimate of drug-likeness (QED) is 0.708. The van der Waals surface area contributed by atoms with Crippen LogP contribution in [0.2, 0.25) is 0 Å². The van der Waals surface area contributed by atoms with Gasteiger partial charge in [0.1, 0.15) is 12.6 Å². The lowest BCUT2D eigenvalue weighted by Gasteiger charge is -2.59. The number of carbonyl (C=O) groups is 1. The Hall–Kier alpha value is -0.410. The zero-order chi connectivity index (χ0) is 16.9. The zero-order valence-corrected chi connectivity index (χ0v) is 15.7. The molecule has 4 aliphatic carbocycles. The molecule has 0 heterocycles. The lowest BCUT2D eigenvalue weighted by atomic mass is 9.46. The van der Waals surface area contributed by atoms with Gasteiger partial charge >= 0.3 is 0 Å². The smallest absolute Gasteiger partial charge is 0.146 e. The highest BCUT2D eigenvalue weighted by atomic mass is 16.7. The second kappa shape index (κ2) is 6.09. The molecule has 4 fully saturated rings. The van der Waals surface area contributed by atoms with Crippen molar-refractivity contribution in [1.29, 1.82) is 0 Å². The van der Waals surface area contributed by atoms with E-state index in [1.54, 1.807) is 7.11 Å². The van der Waals surface area contributed by atoms with E-state index in [2.05, 4.69) is 13.8 Å². The number of hydrogen-bond donors (Lipinski definition) is 0. The van der Waals surface area contributed by atoms with E-state index in [-0.39, 0.29) is 5.41 Å². The summed E-state index contributed by atoms with van der Waals surface area (Å²) >= 11 is 0. The van der Waals surface area contributed by atoms with Gasteiger partial charge in [-0.3, -0.25) is 4.79 Å². The molecule has 0 bridgehead atoms. The van der Waals surface area contributed by atoms with Gasteiger partial charge in [0, 0.05) is 18.9 Å². The average Bonchev–Trinajstić information content (AvgIpc) is 2.86. The molecule has 4 saturated carbocycles. The van der Waals surface area contributed by atoms with E-state index in [1.165, 1.54) is 44.9 Å². The van der Waals surface area contributed by atoms with Crippen LogP contribution in [-0.2, 0) is 14.3 Å². The molecule has 0 aromatic carbocycles. The van der Waals surface area contributed by atoms with Gasteiger partial charge in [0.25, 0.3) is 0 Å². The topological polar surface area (TPSA) is 35.5 Å². The average molecular weight is 335 g/mol. The van der Waals surface area contributed by atoms with Crippen molar-refractivity contribution < 1.29 is 14.3 Å². The number of ketones is 1. The van der Waals surface area contributed by atoms with Crippen molar-refractivity contribution in [1.82, 2.24) is 0 Å². The van der Waals surface area contributed by atoms with Gasteiger partial charge in [0.15, 0.2) is 0 Å². The first kappa shape index (κ1) is 17.0. The van der Waals surface area contributed by atoms with Gasteiger partial charge in [-0.25, -0.2) is 0 Å². The van der Waals surface area contributed by atoms with E-state index in [0.29, 0.717) is 30.0 Å². The van der Waals surface area contributed by atoms with Gasteiger partial charge in [0.2, 0.25) is 0 Å². The summed E-state index contributed by atoms with van der Waals surface area (Å²) in [6, 6.07) is 0. The fourth-order valence-corrected chi connectivity index (χ4v) is 7.14. The molecule has 7 atom stereocenters. The molecule has 136 valence electrons. The molecule has 3 nitrogen and oxygen atoms in total. The third-order valence-corrected chi connectivity index (χ3v) is 8.69. The van der Waals surface area contributed by atoms with Crippen molar-refractivity contribution in [2.45, 2.75) is 77.7 Å². The summed E-state index contributed by atoms with van der Waals surface area (Å²) in [5.41, 5.74) is 0.492. The molecule has 0 aromatic heterocycles. The monoisotopic (exact) mass is 334 g/mol. The van der Waals surface area contributed by atoms with Gasteiger partial charge in [-0.05, 0) is 80.5 Å². The predicted molar refractivity (Wildman–Crippen MR) is 93.5 cm³/mol. The molecule has 3 heteroatoms. The van der Waals surface area contributed by atoms with Crippen LogP contribution in [0.3, 0.4) is 0 Å². The summed E-state index contributed by atoms with van der Waals surface area (Å²) in [5, 5.41) is 0. The zero-order valence-electron chi connectivity index (χ0n) is 15.7. The SMILES string of the molecule is COCO[C@H]1CC[C@]2(C)[C@H](CC[C@@H]3C[C@]4(C)C(=O)CC[C@H]4C[C@H]32)C1. The fourth-order valence-electron chi connectivity index (χ4n) is 7.14. The van der Waals surface area contributed by atoms with Crippen LogP contribution in [0, 0.1) is 34.5 Å². The van der Waals surface area contributed by atoms with Crippen molar-refractivity contribution in [3.8, 4) is 0 Å². The number of methoxy groups -OCH3 is 1. The highest BCUT2D eigenvalue weighted by molar-refractivity contribution is 5.87. The third kappa shape index (κ3) is 2.49. The highest BCUT2D eigenvalue weighted by Gasteiger charge is 2.59. The third-order valence-electron chi connectivity index (χ3n) is 8.69. The molecule has 0 amide bonds. The predicted octanol–water partition coefficient (Wildman–Crippen LogP) is 4.59. The summed E-state index contributed by atoms with van der Waals surface area (Å²) in [7, 11) is 1.71. The summed E-state index contributed by atoms with van der Waals surface area (Å²) in [6.45, 7) is 5.29. The second-order valence-corrected chi connectivity index (χ2v) is 9.63. The molecule has 4 aliphatic rings. The standard InChI is InChI=1S/C21H34O3/c1-20-9-8-17(24-13-23-3)10-15(20)5-4-14-12-21(2)16(11-18(14)20)6-7-19(21)22/h14-18H,4-13H2,1-3H3/t14-,15-,16+,17+,18-,20-,21+/m1/s1. The molecule has 24 heavy (non-hydrogen) atoms. The van der Waals surface area contributed by atoms with Crippen molar-refractivity contribution >= 4 is 5.78 Å². The lowest BCUT2D eigenvalue weighted by Crippen LogP contribution is -2.53. The Labute approximate surface area is 146 Å². The summed E-state index contributed by atoms with van der Waals surface area (Å²) in [5.74, 6) is 3.64. The molecule has 0 radical (unpaired) electrons. The number of carbonyl (C=O) groups excluding carboxylic acids is 1. The van der Waals surface area contributed by atoms with Gasteiger partial charge in [0.05, 0.1) is 6.10 Å². The molecule has 0 unspecified atom stereocenters. The summed E-state index contributed by atoms with van der Waals surface area (Å²) in [4.78, 5) is 12.5. The Morgan fingerprint density at radius 2 is 1.92 bits per heavy atom. The normalized spacial score (nSPS) is 51.0.